The van der Waals surface area contributed by atoms with E-state index in [9.17, 15) is 4.21 Å². The van der Waals surface area contributed by atoms with Gasteiger partial charge in [-0.25, -0.2) is 0 Å². The molecule has 2 rings (SSSR count). The smallest absolute Gasteiger partial charge is 0.191 e. The molecule has 3 atom stereocenters. The summed E-state index contributed by atoms with van der Waals surface area (Å²) < 4.78 is 12.2. The summed E-state index contributed by atoms with van der Waals surface area (Å²) in [6.07, 6.45) is 5.41. The highest BCUT2D eigenvalue weighted by Crippen LogP contribution is 2.22. The average Bonchev–Trinajstić information content (AvgIpc) is 2.71. The molecule has 1 aromatic rings. The summed E-state index contributed by atoms with van der Waals surface area (Å²) in [5.74, 6) is 1.67. The fourth-order valence-corrected chi connectivity index (χ4v) is 5.12. The molecule has 1 saturated carbocycles. The Morgan fingerprint density at radius 3 is 2.75 bits per heavy atom. The second-order valence-electron chi connectivity index (χ2n) is 7.64. The third-order valence-electron chi connectivity index (χ3n) is 5.23. The van der Waals surface area contributed by atoms with Crippen molar-refractivity contribution in [2.24, 2.45) is 4.99 Å². The molecule has 0 aromatic heterocycles. The van der Waals surface area contributed by atoms with Gasteiger partial charge in [0.2, 0.25) is 0 Å². The second kappa shape index (κ2) is 12.9. The number of nitrogens with one attached hydrogen (secondary N) is 2. The fraction of sp³-hybridized carbons (Fsp3) is 0.682. The molecule has 5 nitrogen and oxygen atoms in total. The van der Waals surface area contributed by atoms with Crippen LogP contribution in [0.15, 0.2) is 35.3 Å². The summed E-state index contributed by atoms with van der Waals surface area (Å²) in [6.45, 7) is 7.79. The van der Waals surface area contributed by atoms with E-state index < -0.39 is 10.8 Å². The van der Waals surface area contributed by atoms with E-state index in [0.717, 1.165) is 70.0 Å². The number of rotatable bonds is 10. The maximum absolute atomic E-state index is 12.2. The second-order valence-corrected chi connectivity index (χ2v) is 9.64. The predicted molar refractivity (Wildman–Crippen MR) is 121 cm³/mol. The van der Waals surface area contributed by atoms with Gasteiger partial charge in [0.05, 0.1) is 0 Å². The number of aliphatic imine (C=N–C) groups is 1. The van der Waals surface area contributed by atoms with Gasteiger partial charge < -0.3 is 15.5 Å². The van der Waals surface area contributed by atoms with Gasteiger partial charge in [-0.15, -0.1) is 0 Å². The first-order valence-corrected chi connectivity index (χ1v) is 12.1. The molecule has 0 spiro atoms. The molecule has 1 aromatic carbocycles. The first-order chi connectivity index (χ1) is 13.6. The topological polar surface area (TPSA) is 56.7 Å². The molecule has 158 valence electrons. The third-order valence-corrected chi connectivity index (χ3v) is 6.97. The molecular weight excluding hydrogens is 368 g/mol. The Balaban J connectivity index is 1.76. The minimum atomic E-state index is -0.688. The number of hydrogen-bond acceptors (Lipinski definition) is 3. The Hall–Kier alpha value is -1.40. The summed E-state index contributed by atoms with van der Waals surface area (Å²) in [4.78, 5) is 7.11. The summed E-state index contributed by atoms with van der Waals surface area (Å²) >= 11 is 0. The van der Waals surface area contributed by atoms with Gasteiger partial charge in [0.25, 0.3) is 0 Å². The molecule has 1 aliphatic carbocycles. The summed E-state index contributed by atoms with van der Waals surface area (Å²) in [5, 5.41) is 7.29. The number of guanidine groups is 1. The molecule has 2 N–H and O–H groups in total. The molecular formula is C22H38N4OS. The molecule has 0 aliphatic heterocycles. The number of hydrogen-bond donors (Lipinski definition) is 2. The highest BCUT2D eigenvalue weighted by Gasteiger charge is 2.25. The monoisotopic (exact) mass is 406 g/mol. The Labute approximate surface area is 173 Å². The van der Waals surface area contributed by atoms with Crippen LogP contribution < -0.4 is 10.6 Å². The van der Waals surface area contributed by atoms with Crippen molar-refractivity contribution in [2.45, 2.75) is 63.8 Å². The van der Waals surface area contributed by atoms with E-state index >= 15 is 0 Å². The van der Waals surface area contributed by atoms with E-state index in [1.165, 1.54) is 5.56 Å². The van der Waals surface area contributed by atoms with Gasteiger partial charge in [0, 0.05) is 47.5 Å². The van der Waals surface area contributed by atoms with Gasteiger partial charge in [-0.05, 0) is 51.8 Å². The minimum Gasteiger partial charge on any atom is -0.357 e. The Bertz CT molecular complexity index is 608. The summed E-state index contributed by atoms with van der Waals surface area (Å²) in [6, 6.07) is 11.0. The molecule has 1 aliphatic rings. The van der Waals surface area contributed by atoms with Crippen LogP contribution in [-0.4, -0.2) is 58.8 Å². The van der Waals surface area contributed by atoms with Crippen LogP contribution in [0.2, 0.25) is 0 Å². The van der Waals surface area contributed by atoms with Gasteiger partial charge in [-0.3, -0.25) is 9.20 Å². The van der Waals surface area contributed by atoms with Crippen LogP contribution >= 0.6 is 0 Å². The standard InChI is InChI=1S/C22H38N4OS/c1-4-23-22(25-20-13-9-14-21(17-20)28(27)5-2)24-15-10-16-26(3)18-19-11-7-6-8-12-19/h6-8,11-12,20-21H,4-5,9-10,13-18H2,1-3H3,(H2,23,24,25). The van der Waals surface area contributed by atoms with Crippen LogP contribution in [-0.2, 0) is 17.3 Å². The molecule has 0 heterocycles. The molecule has 0 saturated heterocycles. The Morgan fingerprint density at radius 1 is 1.25 bits per heavy atom. The van der Waals surface area contributed by atoms with E-state index in [1.54, 1.807) is 0 Å². The fourth-order valence-electron chi connectivity index (χ4n) is 3.77. The molecule has 0 amide bonds. The highest BCUT2D eigenvalue weighted by atomic mass is 32.2. The summed E-state index contributed by atoms with van der Waals surface area (Å²) in [7, 11) is 1.48. The van der Waals surface area contributed by atoms with Crippen LogP contribution in [0, 0.1) is 0 Å². The van der Waals surface area contributed by atoms with Crippen molar-refractivity contribution in [2.75, 3.05) is 32.4 Å². The molecule has 28 heavy (non-hydrogen) atoms. The van der Waals surface area contributed by atoms with Crippen LogP contribution in [0.25, 0.3) is 0 Å². The van der Waals surface area contributed by atoms with Gasteiger partial charge in [0.15, 0.2) is 5.96 Å². The van der Waals surface area contributed by atoms with Crippen molar-refractivity contribution in [3.05, 3.63) is 35.9 Å². The zero-order valence-corrected chi connectivity index (χ0v) is 18.6. The SMILES string of the molecule is CCNC(=NCCCN(C)Cc1ccccc1)NC1CCCC(S(=O)CC)C1. The van der Waals surface area contributed by atoms with E-state index in [1.807, 2.05) is 6.92 Å². The summed E-state index contributed by atoms with van der Waals surface area (Å²) in [5.41, 5.74) is 1.35. The molecule has 0 bridgehead atoms. The third kappa shape index (κ3) is 8.31. The zero-order chi connectivity index (χ0) is 20.2. The number of nitrogens with zero attached hydrogens (tertiary/aromatic N) is 2. The lowest BCUT2D eigenvalue weighted by atomic mass is 9.95. The van der Waals surface area contributed by atoms with Gasteiger partial charge >= 0.3 is 0 Å². The average molecular weight is 407 g/mol. The van der Waals surface area contributed by atoms with Gasteiger partial charge in [0.1, 0.15) is 0 Å². The van der Waals surface area contributed by atoms with Crippen molar-refractivity contribution >= 4 is 16.8 Å². The first-order valence-electron chi connectivity index (χ1n) is 10.8. The van der Waals surface area contributed by atoms with Crippen LogP contribution in [0.5, 0.6) is 0 Å². The van der Waals surface area contributed by atoms with Crippen molar-refractivity contribution in [1.29, 1.82) is 0 Å². The normalized spacial score (nSPS) is 21.5. The maximum Gasteiger partial charge on any atom is 0.191 e. The predicted octanol–water partition coefficient (Wildman–Crippen LogP) is 3.14. The van der Waals surface area contributed by atoms with E-state index in [-0.39, 0.29) is 0 Å². The Kier molecular flexibility index (Phi) is 10.6. The van der Waals surface area contributed by atoms with Crippen molar-refractivity contribution < 1.29 is 4.21 Å². The molecule has 1 fully saturated rings. The van der Waals surface area contributed by atoms with Crippen molar-refractivity contribution in [1.82, 2.24) is 15.5 Å². The molecule has 6 heteroatoms. The zero-order valence-electron chi connectivity index (χ0n) is 17.8. The van der Waals surface area contributed by atoms with Crippen LogP contribution in [0.3, 0.4) is 0 Å². The maximum atomic E-state index is 12.2. The van der Waals surface area contributed by atoms with E-state index in [0.29, 0.717) is 11.3 Å². The van der Waals surface area contributed by atoms with Crippen LogP contribution in [0.1, 0.15) is 51.5 Å². The van der Waals surface area contributed by atoms with Crippen LogP contribution in [0.4, 0.5) is 0 Å². The molecule has 0 radical (unpaired) electrons. The lowest BCUT2D eigenvalue weighted by Gasteiger charge is -2.30. The van der Waals surface area contributed by atoms with Gasteiger partial charge in [-0.2, -0.15) is 0 Å². The lowest BCUT2D eigenvalue weighted by Crippen LogP contribution is -2.46. The first kappa shape index (κ1) is 22.9. The van der Waals surface area contributed by atoms with Gasteiger partial charge in [-0.1, -0.05) is 43.7 Å². The minimum absolute atomic E-state index is 0.339. The van der Waals surface area contributed by atoms with Crippen molar-refractivity contribution in [3.63, 3.8) is 0 Å². The largest absolute Gasteiger partial charge is 0.357 e. The quantitative estimate of drug-likeness (QED) is 0.356. The number of benzene rings is 1. The van der Waals surface area contributed by atoms with Crippen molar-refractivity contribution in [3.8, 4) is 0 Å². The van der Waals surface area contributed by atoms with E-state index in [2.05, 4.69) is 59.8 Å². The molecule has 3 unspecified atom stereocenters. The highest BCUT2D eigenvalue weighted by molar-refractivity contribution is 7.85. The Morgan fingerprint density at radius 2 is 2.04 bits per heavy atom. The lowest BCUT2D eigenvalue weighted by molar-refractivity contribution is 0.324. The van der Waals surface area contributed by atoms with E-state index in [4.69, 9.17) is 4.99 Å².